The summed E-state index contributed by atoms with van der Waals surface area (Å²) >= 11 is 0. The van der Waals surface area contributed by atoms with Crippen molar-refractivity contribution in [3.05, 3.63) is 95.3 Å². The Kier molecular flexibility index (Phi) is 7.93. The number of tetrazole rings is 1. The summed E-state index contributed by atoms with van der Waals surface area (Å²) in [5.74, 6) is 0.325. The summed E-state index contributed by atoms with van der Waals surface area (Å²) in [7, 11) is -3.89. The summed E-state index contributed by atoms with van der Waals surface area (Å²) in [6.07, 6.45) is 0.526. The molecule has 0 radical (unpaired) electrons. The number of carbonyl (C=O) groups is 1. The van der Waals surface area contributed by atoms with Gasteiger partial charge in [-0.25, -0.2) is 13.6 Å². The molecule has 0 aliphatic heterocycles. The minimum atomic E-state index is -3.89. The van der Waals surface area contributed by atoms with Crippen LogP contribution in [0.25, 0.3) is 11.1 Å². The first-order chi connectivity index (χ1) is 18.1. The lowest BCUT2D eigenvalue weighted by Crippen LogP contribution is -2.40. The van der Waals surface area contributed by atoms with Crippen molar-refractivity contribution in [1.82, 2.24) is 25.5 Å². The second kappa shape index (κ2) is 11.3. The van der Waals surface area contributed by atoms with Crippen molar-refractivity contribution in [3.63, 3.8) is 0 Å². The molecule has 0 fully saturated rings. The number of nitrogens with zero attached hydrogens (tertiary/aromatic N) is 4. The molecule has 11 nitrogen and oxygen atoms in total. The van der Waals surface area contributed by atoms with Gasteiger partial charge in [0.25, 0.3) is 0 Å². The van der Waals surface area contributed by atoms with Crippen LogP contribution in [0.1, 0.15) is 29.4 Å². The van der Waals surface area contributed by atoms with E-state index >= 15 is 0 Å². The lowest BCUT2D eigenvalue weighted by Gasteiger charge is -2.29. The molecule has 0 aliphatic carbocycles. The average Bonchev–Trinajstić information content (AvgIpc) is 3.40. The number of nitrogens with two attached hydrogens (primary N) is 2. The number of nitrogens with one attached hydrogen (secondary N) is 2. The van der Waals surface area contributed by atoms with Crippen LogP contribution in [0.5, 0.6) is 0 Å². The maximum atomic E-state index is 13.5. The van der Waals surface area contributed by atoms with E-state index in [1.807, 2.05) is 13.0 Å². The molecule has 3 aromatic carbocycles. The van der Waals surface area contributed by atoms with Gasteiger partial charge in [0.15, 0.2) is 5.82 Å². The molecule has 0 saturated carbocycles. The van der Waals surface area contributed by atoms with E-state index in [0.29, 0.717) is 35.5 Å². The predicted molar refractivity (Wildman–Crippen MR) is 142 cm³/mol. The quantitative estimate of drug-likeness (QED) is 0.178. The average molecular weight is 533 g/mol. The number of nitrogen functional groups attached to an aromatic ring is 1. The Balaban J connectivity index is 1.56. The summed E-state index contributed by atoms with van der Waals surface area (Å²) < 4.78 is 24.0. The van der Waals surface area contributed by atoms with Crippen molar-refractivity contribution < 1.29 is 13.2 Å². The number of H-pyrrole nitrogens is 1. The zero-order valence-electron chi connectivity index (χ0n) is 20.7. The van der Waals surface area contributed by atoms with Crippen LogP contribution >= 0.6 is 0 Å². The molecule has 38 heavy (non-hydrogen) atoms. The van der Waals surface area contributed by atoms with Crippen molar-refractivity contribution in [2.24, 2.45) is 10.9 Å². The van der Waals surface area contributed by atoms with E-state index in [-0.39, 0.29) is 29.1 Å². The summed E-state index contributed by atoms with van der Waals surface area (Å²) in [6, 6.07) is 20.6. The monoisotopic (exact) mass is 532 g/mol. The third-order valence-electron chi connectivity index (χ3n) is 6.12. The van der Waals surface area contributed by atoms with Gasteiger partial charge in [0.2, 0.25) is 15.9 Å². The molecule has 4 aromatic rings. The second-order valence-electron chi connectivity index (χ2n) is 8.93. The molecule has 12 heteroatoms. The van der Waals surface area contributed by atoms with E-state index in [1.54, 1.807) is 65.6 Å². The first-order valence-electron chi connectivity index (χ1n) is 11.8. The van der Waals surface area contributed by atoms with Crippen molar-refractivity contribution in [2.45, 2.75) is 37.2 Å². The molecular weight excluding hydrogens is 504 g/mol. The van der Waals surface area contributed by atoms with Crippen LogP contribution in [0.15, 0.2) is 77.7 Å². The topological polar surface area (TPSA) is 185 Å². The minimum absolute atomic E-state index is 0.0399. The summed E-state index contributed by atoms with van der Waals surface area (Å²) in [6.45, 7) is 2.22. The van der Waals surface area contributed by atoms with Crippen LogP contribution in [-0.4, -0.2) is 51.7 Å². The molecule has 0 aliphatic rings. The summed E-state index contributed by atoms with van der Waals surface area (Å²) in [5.41, 5.74) is 9.00. The van der Waals surface area contributed by atoms with E-state index < -0.39 is 10.0 Å². The number of sulfonamides is 1. The van der Waals surface area contributed by atoms with Crippen LogP contribution in [0.2, 0.25) is 0 Å². The van der Waals surface area contributed by atoms with Gasteiger partial charge >= 0.3 is 0 Å². The van der Waals surface area contributed by atoms with Crippen LogP contribution in [0.4, 0.5) is 0 Å². The van der Waals surface area contributed by atoms with Crippen molar-refractivity contribution in [2.75, 3.05) is 0 Å². The predicted octanol–water partition coefficient (Wildman–Crippen LogP) is 2.00. The third kappa shape index (κ3) is 6.47. The summed E-state index contributed by atoms with van der Waals surface area (Å²) in [5, 5.41) is 27.1. The van der Waals surface area contributed by atoms with Gasteiger partial charge in [0.05, 0.1) is 11.3 Å². The van der Waals surface area contributed by atoms with Crippen LogP contribution in [0, 0.1) is 5.41 Å². The van der Waals surface area contributed by atoms with Crippen LogP contribution in [0.3, 0.4) is 0 Å². The number of amides is 1. The van der Waals surface area contributed by atoms with Gasteiger partial charge in [-0.1, -0.05) is 65.9 Å². The van der Waals surface area contributed by atoms with E-state index in [1.165, 1.54) is 6.07 Å². The Morgan fingerprint density at radius 3 is 2.45 bits per heavy atom. The molecule has 0 bridgehead atoms. The number of hydrogen-bond donors (Lipinski definition) is 4. The highest BCUT2D eigenvalue weighted by Gasteiger charge is 2.23. The Morgan fingerprint density at radius 2 is 1.79 bits per heavy atom. The van der Waals surface area contributed by atoms with Gasteiger partial charge in [0, 0.05) is 30.1 Å². The van der Waals surface area contributed by atoms with Crippen molar-refractivity contribution in [1.29, 1.82) is 5.41 Å². The van der Waals surface area contributed by atoms with Gasteiger partial charge in [-0.05, 0) is 35.7 Å². The molecule has 1 unspecified atom stereocenters. The number of aromatic nitrogens is 4. The normalized spacial score (nSPS) is 12.2. The molecule has 196 valence electrons. The van der Waals surface area contributed by atoms with E-state index in [9.17, 15) is 13.2 Å². The number of rotatable bonds is 10. The lowest BCUT2D eigenvalue weighted by molar-refractivity contribution is -0.133. The van der Waals surface area contributed by atoms with E-state index in [2.05, 4.69) is 20.6 Å². The number of hydrogen-bond acceptors (Lipinski definition) is 7. The largest absolute Gasteiger partial charge is 0.384 e. The number of aromatic amines is 1. The Bertz CT molecular complexity index is 1540. The Morgan fingerprint density at radius 1 is 1.05 bits per heavy atom. The van der Waals surface area contributed by atoms with Gasteiger partial charge < -0.3 is 10.6 Å². The highest BCUT2D eigenvalue weighted by Crippen LogP contribution is 2.27. The molecular formula is C26H28N8O3S. The van der Waals surface area contributed by atoms with Crippen molar-refractivity contribution in [3.8, 4) is 11.1 Å². The standard InChI is InChI=1S/C26H28N8O3S/c1-17(13-24-30-32-33-31-24)34(16-19-5-4-6-21(14-19)26(27)28)25(35)15-18-9-11-20(12-10-18)22-7-2-3-8-23(22)38(29,36)37/h2-12,14,17H,13,15-16H2,1H3,(H3,27,28)(H2,29,36,37)(H,30,31,32,33). The molecule has 0 saturated heterocycles. The Labute approximate surface area is 220 Å². The van der Waals surface area contributed by atoms with Gasteiger partial charge in [-0.2, -0.15) is 5.21 Å². The molecule has 1 atom stereocenters. The number of amidine groups is 1. The molecule has 1 heterocycles. The fourth-order valence-electron chi connectivity index (χ4n) is 4.20. The molecule has 1 aromatic heterocycles. The molecule has 0 spiro atoms. The smallest absolute Gasteiger partial charge is 0.238 e. The lowest BCUT2D eigenvalue weighted by atomic mass is 10.0. The van der Waals surface area contributed by atoms with E-state index in [4.69, 9.17) is 16.3 Å². The maximum absolute atomic E-state index is 13.5. The fourth-order valence-corrected chi connectivity index (χ4v) is 4.96. The van der Waals surface area contributed by atoms with Gasteiger partial charge in [-0.3, -0.25) is 10.2 Å². The van der Waals surface area contributed by atoms with E-state index in [0.717, 1.165) is 11.1 Å². The fraction of sp³-hybridized carbons (Fsp3) is 0.192. The van der Waals surface area contributed by atoms with Gasteiger partial charge in [0.1, 0.15) is 5.84 Å². The SMILES string of the molecule is CC(Cc1nn[nH]n1)N(Cc1cccc(C(=N)N)c1)C(=O)Cc1ccc(-c2ccccc2S(N)(=O)=O)cc1. The maximum Gasteiger partial charge on any atom is 0.238 e. The minimum Gasteiger partial charge on any atom is -0.384 e. The second-order valence-corrected chi connectivity index (χ2v) is 10.5. The Hall–Kier alpha value is -4.42. The van der Waals surface area contributed by atoms with Crippen LogP contribution < -0.4 is 10.9 Å². The number of carbonyl (C=O) groups excluding carboxylic acids is 1. The number of primary sulfonamides is 1. The number of benzene rings is 3. The van der Waals surface area contributed by atoms with Gasteiger partial charge in [-0.15, -0.1) is 10.2 Å². The zero-order valence-corrected chi connectivity index (χ0v) is 21.5. The molecule has 6 N–H and O–H groups in total. The molecule has 4 rings (SSSR count). The van der Waals surface area contributed by atoms with Crippen LogP contribution in [-0.2, 0) is 34.2 Å². The first kappa shape index (κ1) is 26.6. The highest BCUT2D eigenvalue weighted by atomic mass is 32.2. The molecule has 1 amide bonds. The zero-order chi connectivity index (χ0) is 27.3. The third-order valence-corrected chi connectivity index (χ3v) is 7.09. The first-order valence-corrected chi connectivity index (χ1v) is 13.3. The van der Waals surface area contributed by atoms with Crippen molar-refractivity contribution >= 4 is 21.8 Å². The highest BCUT2D eigenvalue weighted by molar-refractivity contribution is 7.89. The summed E-state index contributed by atoms with van der Waals surface area (Å²) in [4.78, 5) is 15.3.